The number of aromatic nitrogens is 3. The molecule has 2 fully saturated rings. The third kappa shape index (κ3) is 5.24. The zero-order valence-corrected chi connectivity index (χ0v) is 20.9. The maximum absolute atomic E-state index is 10.2. The molecule has 3 unspecified atom stereocenters. The van der Waals surface area contributed by atoms with Crippen LogP contribution in [0.15, 0.2) is 12.1 Å². The van der Waals surface area contributed by atoms with Gasteiger partial charge in [-0.25, -0.2) is 0 Å². The van der Waals surface area contributed by atoms with Gasteiger partial charge in [0.25, 0.3) is 0 Å². The summed E-state index contributed by atoms with van der Waals surface area (Å²) in [5.41, 5.74) is 0. The highest BCUT2D eigenvalue weighted by Crippen LogP contribution is 2.42. The number of hydrogen-bond donors (Lipinski definition) is 2. The Hall–Kier alpha value is -1.99. The molecule has 0 aliphatic carbocycles. The van der Waals surface area contributed by atoms with Gasteiger partial charge < -0.3 is 14.4 Å². The van der Waals surface area contributed by atoms with E-state index in [4.69, 9.17) is 10.00 Å². The van der Waals surface area contributed by atoms with Crippen LogP contribution in [0.1, 0.15) is 86.9 Å². The highest BCUT2D eigenvalue weighted by Gasteiger charge is 2.42. The summed E-state index contributed by atoms with van der Waals surface area (Å²) in [4.78, 5) is 3.81. The van der Waals surface area contributed by atoms with Gasteiger partial charge in [0.2, 0.25) is 0 Å². The van der Waals surface area contributed by atoms with Crippen LogP contribution >= 0.6 is 11.3 Å². The lowest BCUT2D eigenvalue weighted by atomic mass is 9.95. The van der Waals surface area contributed by atoms with E-state index in [0.717, 1.165) is 47.4 Å². The lowest BCUT2D eigenvalue weighted by Gasteiger charge is -2.40. The minimum absolute atomic E-state index is 0.00740. The molecule has 0 amide bonds. The van der Waals surface area contributed by atoms with E-state index in [9.17, 15) is 5.11 Å². The first kappa shape index (κ1) is 24.1. The first-order valence-electron chi connectivity index (χ1n) is 12.0. The molecule has 4 atom stereocenters. The fraction of sp³-hybridized carbons (Fsp3) is 0.708. The summed E-state index contributed by atoms with van der Waals surface area (Å²) in [6, 6.07) is 7.67. The van der Waals surface area contributed by atoms with Crippen LogP contribution < -0.4 is 10.1 Å². The van der Waals surface area contributed by atoms with Gasteiger partial charge >= 0.3 is 0 Å². The Kier molecular flexibility index (Phi) is 7.69. The Morgan fingerprint density at radius 1 is 1.24 bits per heavy atom. The second-order valence-corrected chi connectivity index (χ2v) is 10.7. The molecule has 4 heterocycles. The van der Waals surface area contributed by atoms with Crippen molar-refractivity contribution in [3.05, 3.63) is 28.7 Å². The van der Waals surface area contributed by atoms with Gasteiger partial charge in [0, 0.05) is 41.5 Å². The zero-order chi connectivity index (χ0) is 23.5. The quantitative estimate of drug-likeness (QED) is 0.506. The average molecular weight is 473 g/mol. The number of piperidine rings is 1. The van der Waals surface area contributed by atoms with Crippen molar-refractivity contribution in [1.29, 1.82) is 5.26 Å². The standard InChI is InChI=1S/C24H36N6O2S/c1-15(2)24-28-27-16(3)30(24)19-13-17-5-6-18(14-19)29(17)12-10-20(26-22(31)9-11-25)21-7-8-23(32-4)33-21/h7-8,15,17-20,22,26,31H,5-6,9-10,12-14H2,1-4H3/t17?,18?,19?,20-,22?/m0/s1. The Labute approximate surface area is 200 Å². The van der Waals surface area contributed by atoms with Crippen molar-refractivity contribution in [2.24, 2.45) is 0 Å². The number of hydrogen-bond acceptors (Lipinski definition) is 8. The molecule has 0 saturated carbocycles. The van der Waals surface area contributed by atoms with E-state index in [0.29, 0.717) is 24.0 Å². The molecule has 2 aliphatic rings. The SMILES string of the molecule is COc1ccc([C@H](CCN2C3CCC2CC(n2c(C)nnc2C(C)C)C3)NC(O)CC#N)s1. The predicted octanol–water partition coefficient (Wildman–Crippen LogP) is 3.90. The minimum atomic E-state index is -0.832. The molecule has 2 aromatic rings. The van der Waals surface area contributed by atoms with E-state index in [-0.39, 0.29) is 12.5 Å². The number of aliphatic hydroxyl groups excluding tert-OH is 1. The number of aliphatic hydroxyl groups is 1. The van der Waals surface area contributed by atoms with E-state index in [1.54, 1.807) is 18.4 Å². The van der Waals surface area contributed by atoms with Gasteiger partial charge in [-0.15, -0.1) is 21.5 Å². The van der Waals surface area contributed by atoms with Gasteiger partial charge in [0.1, 0.15) is 17.9 Å². The van der Waals surface area contributed by atoms with Crippen molar-refractivity contribution in [2.75, 3.05) is 13.7 Å². The number of ether oxygens (including phenoxy) is 1. The molecule has 2 saturated heterocycles. The molecule has 2 aromatic heterocycles. The summed E-state index contributed by atoms with van der Waals surface area (Å²) in [7, 11) is 1.67. The van der Waals surface area contributed by atoms with Crippen LogP contribution in [-0.2, 0) is 0 Å². The Bertz CT molecular complexity index is 953. The first-order chi connectivity index (χ1) is 15.9. The molecular formula is C24H36N6O2S. The normalized spacial score (nSPS) is 24.7. The maximum Gasteiger partial charge on any atom is 0.173 e. The summed E-state index contributed by atoms with van der Waals surface area (Å²) in [6.45, 7) is 7.43. The second-order valence-electron chi connectivity index (χ2n) is 9.63. The average Bonchev–Trinajstić information content (AvgIpc) is 3.47. The van der Waals surface area contributed by atoms with E-state index >= 15 is 0 Å². The van der Waals surface area contributed by atoms with Crippen LogP contribution in [0.2, 0.25) is 0 Å². The first-order valence-corrected chi connectivity index (χ1v) is 12.8. The lowest BCUT2D eigenvalue weighted by molar-refractivity contribution is 0.0890. The Morgan fingerprint density at radius 3 is 2.58 bits per heavy atom. The highest BCUT2D eigenvalue weighted by atomic mass is 32.1. The topological polar surface area (TPSA) is 99.2 Å². The van der Waals surface area contributed by atoms with Crippen molar-refractivity contribution in [3.63, 3.8) is 0 Å². The van der Waals surface area contributed by atoms with Crippen LogP contribution in [0, 0.1) is 18.3 Å². The van der Waals surface area contributed by atoms with E-state index in [2.05, 4.69) is 51.8 Å². The van der Waals surface area contributed by atoms with Gasteiger partial charge in [0.15, 0.2) is 5.06 Å². The van der Waals surface area contributed by atoms with Crippen LogP contribution in [0.4, 0.5) is 0 Å². The molecule has 9 heteroatoms. The molecule has 180 valence electrons. The van der Waals surface area contributed by atoms with Crippen LogP contribution in [-0.4, -0.2) is 56.7 Å². The van der Waals surface area contributed by atoms with Crippen molar-refractivity contribution in [1.82, 2.24) is 25.0 Å². The number of fused-ring (bicyclic) bond motifs is 2. The lowest BCUT2D eigenvalue weighted by Crippen LogP contribution is -2.45. The van der Waals surface area contributed by atoms with Crippen molar-refractivity contribution in [2.45, 2.75) is 95.6 Å². The highest BCUT2D eigenvalue weighted by molar-refractivity contribution is 7.13. The largest absolute Gasteiger partial charge is 0.487 e. The van der Waals surface area contributed by atoms with Gasteiger partial charge in [-0.2, -0.15) is 5.26 Å². The summed E-state index contributed by atoms with van der Waals surface area (Å²) in [5, 5.41) is 32.2. The molecule has 4 rings (SSSR count). The molecule has 8 nitrogen and oxygen atoms in total. The van der Waals surface area contributed by atoms with Gasteiger partial charge in [-0.3, -0.25) is 10.2 Å². The predicted molar refractivity (Wildman–Crippen MR) is 128 cm³/mol. The van der Waals surface area contributed by atoms with Gasteiger partial charge in [-0.05, 0) is 51.2 Å². The number of methoxy groups -OCH3 is 1. The minimum Gasteiger partial charge on any atom is -0.487 e. The Morgan fingerprint density at radius 2 is 1.97 bits per heavy atom. The third-order valence-electron chi connectivity index (χ3n) is 7.13. The van der Waals surface area contributed by atoms with Crippen LogP contribution in [0.25, 0.3) is 0 Å². The summed E-state index contributed by atoms with van der Waals surface area (Å²) in [5.74, 6) is 2.50. The maximum atomic E-state index is 10.2. The molecule has 0 radical (unpaired) electrons. The fourth-order valence-corrected chi connectivity index (χ4v) is 6.56. The summed E-state index contributed by atoms with van der Waals surface area (Å²) >= 11 is 1.59. The van der Waals surface area contributed by atoms with Crippen molar-refractivity contribution in [3.8, 4) is 11.1 Å². The molecule has 2 aliphatic heterocycles. The number of aryl methyl sites for hydroxylation is 1. The molecule has 2 bridgehead atoms. The number of rotatable bonds is 10. The summed E-state index contributed by atoms with van der Waals surface area (Å²) in [6.07, 6.45) is 4.87. The van der Waals surface area contributed by atoms with Crippen LogP contribution in [0.5, 0.6) is 5.06 Å². The number of nitriles is 1. The second kappa shape index (κ2) is 10.5. The van der Waals surface area contributed by atoms with Crippen molar-refractivity contribution >= 4 is 11.3 Å². The smallest absolute Gasteiger partial charge is 0.173 e. The van der Waals surface area contributed by atoms with Gasteiger partial charge in [0.05, 0.1) is 19.6 Å². The summed E-state index contributed by atoms with van der Waals surface area (Å²) < 4.78 is 7.77. The molecule has 2 N–H and O–H groups in total. The molecule has 33 heavy (non-hydrogen) atoms. The van der Waals surface area contributed by atoms with E-state index in [1.165, 1.54) is 12.8 Å². The van der Waals surface area contributed by atoms with Crippen LogP contribution in [0.3, 0.4) is 0 Å². The van der Waals surface area contributed by atoms with Gasteiger partial charge in [-0.1, -0.05) is 13.8 Å². The molecule has 0 aromatic carbocycles. The Balaban J connectivity index is 1.44. The monoisotopic (exact) mass is 472 g/mol. The molecule has 0 spiro atoms. The molecular weight excluding hydrogens is 436 g/mol. The fourth-order valence-electron chi connectivity index (χ4n) is 5.65. The third-order valence-corrected chi connectivity index (χ3v) is 8.29. The number of thiophene rings is 1. The van der Waals surface area contributed by atoms with E-state index < -0.39 is 6.23 Å². The van der Waals surface area contributed by atoms with E-state index in [1.807, 2.05) is 12.1 Å². The van der Waals surface area contributed by atoms with Crippen molar-refractivity contribution < 1.29 is 9.84 Å². The number of nitrogens with zero attached hydrogens (tertiary/aromatic N) is 5. The zero-order valence-electron chi connectivity index (χ0n) is 20.1. The number of nitrogens with one attached hydrogen (secondary N) is 1.